The maximum absolute atomic E-state index is 12.9. The van der Waals surface area contributed by atoms with Crippen LogP contribution in [0.5, 0.6) is 5.75 Å². The number of hydrogen-bond donors (Lipinski definition) is 1. The molecule has 0 aliphatic carbocycles. The van der Waals surface area contributed by atoms with Gasteiger partial charge in [-0.3, -0.25) is 4.79 Å². The van der Waals surface area contributed by atoms with Crippen LogP contribution in [0.3, 0.4) is 0 Å². The molecule has 0 aliphatic heterocycles. The lowest BCUT2D eigenvalue weighted by Crippen LogP contribution is -2.20. The zero-order valence-corrected chi connectivity index (χ0v) is 9.60. The van der Waals surface area contributed by atoms with Crippen molar-refractivity contribution < 1.29 is 13.9 Å². The molecule has 0 saturated carbocycles. The number of nitrogens with one attached hydrogen (secondary N) is 1. The van der Waals surface area contributed by atoms with Gasteiger partial charge in [0.2, 0.25) is 0 Å². The van der Waals surface area contributed by atoms with E-state index in [-0.39, 0.29) is 12.5 Å². The van der Waals surface area contributed by atoms with Crippen LogP contribution < -0.4 is 10.1 Å². The normalized spacial score (nSPS) is 9.83. The van der Waals surface area contributed by atoms with Crippen LogP contribution in [-0.4, -0.2) is 12.5 Å². The number of para-hydroxylation sites is 1. The van der Waals surface area contributed by atoms with E-state index in [2.05, 4.69) is 5.32 Å². The third kappa shape index (κ3) is 3.59. The summed E-state index contributed by atoms with van der Waals surface area (Å²) in [5.41, 5.74) is 0.699. The van der Waals surface area contributed by atoms with Crippen molar-refractivity contribution in [1.82, 2.24) is 0 Å². The summed E-state index contributed by atoms with van der Waals surface area (Å²) in [6, 6.07) is 14.7. The number of carbonyl (C=O) groups excluding carboxylic acids is 1. The molecular formula is C14H12FNO2. The number of anilines is 1. The molecule has 4 heteroatoms. The molecule has 0 radical (unpaired) electrons. The highest BCUT2D eigenvalue weighted by Crippen LogP contribution is 2.12. The summed E-state index contributed by atoms with van der Waals surface area (Å²) in [7, 11) is 0. The van der Waals surface area contributed by atoms with E-state index >= 15 is 0 Å². The number of hydrogen-bond acceptors (Lipinski definition) is 2. The number of benzene rings is 2. The van der Waals surface area contributed by atoms with Gasteiger partial charge in [-0.2, -0.15) is 0 Å². The van der Waals surface area contributed by atoms with Crippen molar-refractivity contribution in [1.29, 1.82) is 0 Å². The number of amides is 1. The van der Waals surface area contributed by atoms with E-state index in [4.69, 9.17) is 4.74 Å². The Hall–Kier alpha value is -2.36. The minimum absolute atomic E-state index is 0.154. The molecule has 2 rings (SSSR count). The first kappa shape index (κ1) is 12.1. The van der Waals surface area contributed by atoms with E-state index in [1.54, 1.807) is 18.2 Å². The monoisotopic (exact) mass is 245 g/mol. The predicted molar refractivity (Wildman–Crippen MR) is 67.0 cm³/mol. The van der Waals surface area contributed by atoms with Gasteiger partial charge in [-0.25, -0.2) is 4.39 Å². The fourth-order valence-corrected chi connectivity index (χ4v) is 1.42. The molecule has 0 spiro atoms. The lowest BCUT2D eigenvalue weighted by Gasteiger charge is -2.07. The van der Waals surface area contributed by atoms with Crippen LogP contribution in [0.2, 0.25) is 0 Å². The Kier molecular flexibility index (Phi) is 3.91. The minimum Gasteiger partial charge on any atom is -0.484 e. The van der Waals surface area contributed by atoms with Gasteiger partial charge in [-0.05, 0) is 24.3 Å². The summed E-state index contributed by atoms with van der Waals surface area (Å²) in [5, 5.41) is 2.67. The van der Waals surface area contributed by atoms with E-state index in [0.29, 0.717) is 11.4 Å². The first-order chi connectivity index (χ1) is 8.74. The number of rotatable bonds is 4. The number of ether oxygens (including phenoxy) is 1. The van der Waals surface area contributed by atoms with Gasteiger partial charge in [-0.1, -0.05) is 24.3 Å². The van der Waals surface area contributed by atoms with Crippen molar-refractivity contribution in [2.75, 3.05) is 11.9 Å². The summed E-state index contributed by atoms with van der Waals surface area (Å²) in [6.07, 6.45) is 0. The Labute approximate surface area is 104 Å². The van der Waals surface area contributed by atoms with Crippen molar-refractivity contribution in [3.8, 4) is 5.75 Å². The quantitative estimate of drug-likeness (QED) is 0.899. The minimum atomic E-state index is -0.393. The molecule has 0 heterocycles. The lowest BCUT2D eigenvalue weighted by atomic mass is 10.3. The molecule has 92 valence electrons. The standard InChI is InChI=1S/C14H12FNO2/c15-11-5-4-8-13(9-11)18-10-14(17)16-12-6-2-1-3-7-12/h1-9H,10H2,(H,16,17). The predicted octanol–water partition coefficient (Wildman–Crippen LogP) is 2.84. The highest BCUT2D eigenvalue weighted by Gasteiger charge is 2.03. The first-order valence-corrected chi connectivity index (χ1v) is 5.47. The molecule has 2 aromatic carbocycles. The molecule has 1 amide bonds. The zero-order valence-electron chi connectivity index (χ0n) is 9.60. The SMILES string of the molecule is O=C(COc1cccc(F)c1)Nc1ccccc1. The molecule has 3 nitrogen and oxygen atoms in total. The summed E-state index contributed by atoms with van der Waals surface area (Å²) in [6.45, 7) is -0.154. The van der Waals surface area contributed by atoms with Crippen LogP contribution in [0.15, 0.2) is 54.6 Å². The first-order valence-electron chi connectivity index (χ1n) is 5.47. The van der Waals surface area contributed by atoms with Crippen LogP contribution in [0, 0.1) is 5.82 Å². The van der Waals surface area contributed by atoms with Crippen LogP contribution >= 0.6 is 0 Å². The van der Waals surface area contributed by atoms with Crippen molar-refractivity contribution in [2.24, 2.45) is 0 Å². The van der Waals surface area contributed by atoms with Crippen molar-refractivity contribution in [3.63, 3.8) is 0 Å². The second kappa shape index (κ2) is 5.82. The second-order valence-electron chi connectivity index (χ2n) is 3.66. The average molecular weight is 245 g/mol. The van der Waals surface area contributed by atoms with Gasteiger partial charge < -0.3 is 10.1 Å². The van der Waals surface area contributed by atoms with Gasteiger partial charge in [0.05, 0.1) is 0 Å². The Morgan fingerprint density at radius 3 is 2.61 bits per heavy atom. The van der Waals surface area contributed by atoms with E-state index in [1.807, 2.05) is 18.2 Å². The Morgan fingerprint density at radius 1 is 1.11 bits per heavy atom. The molecule has 0 aliphatic rings. The molecule has 0 fully saturated rings. The summed E-state index contributed by atoms with van der Waals surface area (Å²) >= 11 is 0. The molecule has 2 aromatic rings. The maximum Gasteiger partial charge on any atom is 0.262 e. The number of carbonyl (C=O) groups is 1. The van der Waals surface area contributed by atoms with Crippen molar-refractivity contribution in [2.45, 2.75) is 0 Å². The average Bonchev–Trinajstić information content (AvgIpc) is 2.38. The van der Waals surface area contributed by atoms with Gasteiger partial charge in [0.15, 0.2) is 6.61 Å². The van der Waals surface area contributed by atoms with Gasteiger partial charge in [0.25, 0.3) is 5.91 Å². The molecule has 0 atom stereocenters. The third-order valence-corrected chi connectivity index (χ3v) is 2.22. The molecule has 1 N–H and O–H groups in total. The van der Waals surface area contributed by atoms with Gasteiger partial charge in [-0.15, -0.1) is 0 Å². The fourth-order valence-electron chi connectivity index (χ4n) is 1.42. The topological polar surface area (TPSA) is 38.3 Å². The van der Waals surface area contributed by atoms with Crippen LogP contribution in [0.25, 0.3) is 0 Å². The molecule has 18 heavy (non-hydrogen) atoms. The largest absolute Gasteiger partial charge is 0.484 e. The molecule has 0 saturated heterocycles. The molecular weight excluding hydrogens is 233 g/mol. The van der Waals surface area contributed by atoms with Crippen LogP contribution in [0.1, 0.15) is 0 Å². The fraction of sp³-hybridized carbons (Fsp3) is 0.0714. The smallest absolute Gasteiger partial charge is 0.262 e. The van der Waals surface area contributed by atoms with Gasteiger partial charge in [0.1, 0.15) is 11.6 Å². The Bertz CT molecular complexity index is 528. The highest BCUT2D eigenvalue weighted by molar-refractivity contribution is 5.91. The second-order valence-corrected chi connectivity index (χ2v) is 3.66. The zero-order chi connectivity index (χ0) is 12.8. The van der Waals surface area contributed by atoms with E-state index in [0.717, 1.165) is 0 Å². The van der Waals surface area contributed by atoms with Gasteiger partial charge in [0, 0.05) is 11.8 Å². The van der Waals surface area contributed by atoms with E-state index in [1.165, 1.54) is 18.2 Å². The summed E-state index contributed by atoms with van der Waals surface area (Å²) in [5.74, 6) is -0.348. The molecule has 0 unspecified atom stereocenters. The van der Waals surface area contributed by atoms with Crippen LogP contribution in [-0.2, 0) is 4.79 Å². The highest BCUT2D eigenvalue weighted by atomic mass is 19.1. The Balaban J connectivity index is 1.85. The number of halogens is 1. The third-order valence-electron chi connectivity index (χ3n) is 2.22. The lowest BCUT2D eigenvalue weighted by molar-refractivity contribution is -0.118. The van der Waals surface area contributed by atoms with E-state index < -0.39 is 5.82 Å². The maximum atomic E-state index is 12.9. The Morgan fingerprint density at radius 2 is 1.89 bits per heavy atom. The van der Waals surface area contributed by atoms with Crippen LogP contribution in [0.4, 0.5) is 10.1 Å². The summed E-state index contributed by atoms with van der Waals surface area (Å²) in [4.78, 5) is 11.5. The summed E-state index contributed by atoms with van der Waals surface area (Å²) < 4.78 is 18.0. The van der Waals surface area contributed by atoms with Crippen molar-refractivity contribution in [3.05, 3.63) is 60.4 Å². The van der Waals surface area contributed by atoms with Gasteiger partial charge >= 0.3 is 0 Å². The molecule has 0 aromatic heterocycles. The van der Waals surface area contributed by atoms with E-state index in [9.17, 15) is 9.18 Å². The molecule has 0 bridgehead atoms. The van der Waals surface area contributed by atoms with Crippen molar-refractivity contribution >= 4 is 11.6 Å².